The van der Waals surface area contributed by atoms with Gasteiger partial charge in [0.05, 0.1) is 24.8 Å². The zero-order valence-corrected chi connectivity index (χ0v) is 20.5. The molecule has 1 N–H and O–H groups in total. The predicted molar refractivity (Wildman–Crippen MR) is 133 cm³/mol. The van der Waals surface area contributed by atoms with Crippen molar-refractivity contribution in [2.24, 2.45) is 5.92 Å². The number of hydrogen-bond donors (Lipinski definition) is 1. The van der Waals surface area contributed by atoms with Crippen molar-refractivity contribution in [1.29, 1.82) is 0 Å². The fraction of sp³-hybridized carbons (Fsp3) is 0.429. The van der Waals surface area contributed by atoms with Gasteiger partial charge in [0, 0.05) is 12.1 Å². The second-order valence-electron chi connectivity index (χ2n) is 8.99. The number of ether oxygens (including phenoxy) is 2. The Morgan fingerprint density at radius 3 is 2.15 bits per heavy atom. The predicted octanol–water partition coefficient (Wildman–Crippen LogP) is 5.73. The highest BCUT2D eigenvalue weighted by atomic mass is 16.5. The van der Waals surface area contributed by atoms with Gasteiger partial charge in [-0.25, -0.2) is 0 Å². The Labute approximate surface area is 202 Å². The highest BCUT2D eigenvalue weighted by Gasteiger charge is 2.45. The maximum absolute atomic E-state index is 13.1. The van der Waals surface area contributed by atoms with Crippen LogP contribution < -0.4 is 9.47 Å². The summed E-state index contributed by atoms with van der Waals surface area (Å²) in [6.45, 7) is 9.86. The molecule has 34 heavy (non-hydrogen) atoms. The molecule has 1 saturated heterocycles. The summed E-state index contributed by atoms with van der Waals surface area (Å²) in [5, 5.41) is 11.2. The average Bonchev–Trinajstić information content (AvgIpc) is 3.10. The van der Waals surface area contributed by atoms with E-state index in [-0.39, 0.29) is 11.3 Å². The van der Waals surface area contributed by atoms with Gasteiger partial charge in [-0.1, -0.05) is 46.2 Å². The van der Waals surface area contributed by atoms with E-state index in [9.17, 15) is 14.7 Å². The van der Waals surface area contributed by atoms with Crippen LogP contribution in [-0.4, -0.2) is 41.5 Å². The van der Waals surface area contributed by atoms with Crippen molar-refractivity contribution in [2.45, 2.75) is 53.0 Å². The van der Waals surface area contributed by atoms with Gasteiger partial charge in [-0.2, -0.15) is 0 Å². The molecule has 0 radical (unpaired) electrons. The minimum absolute atomic E-state index is 0.110. The molecule has 0 spiro atoms. The number of nitrogens with zero attached hydrogens (tertiary/aromatic N) is 1. The molecule has 0 aromatic heterocycles. The zero-order chi connectivity index (χ0) is 24.7. The van der Waals surface area contributed by atoms with Gasteiger partial charge in [-0.3, -0.25) is 9.59 Å². The van der Waals surface area contributed by atoms with Crippen LogP contribution in [0.4, 0.5) is 0 Å². The van der Waals surface area contributed by atoms with Crippen molar-refractivity contribution in [2.75, 3.05) is 19.8 Å². The Hall–Kier alpha value is -3.28. The summed E-state index contributed by atoms with van der Waals surface area (Å²) >= 11 is 0. The van der Waals surface area contributed by atoms with Gasteiger partial charge in [0.15, 0.2) is 0 Å². The third-order valence-electron chi connectivity index (χ3n) is 5.67. The summed E-state index contributed by atoms with van der Waals surface area (Å²) in [6.07, 6.45) is 2.56. The van der Waals surface area contributed by atoms with Gasteiger partial charge < -0.3 is 19.5 Å². The van der Waals surface area contributed by atoms with Crippen LogP contribution in [0.25, 0.3) is 5.76 Å². The lowest BCUT2D eigenvalue weighted by Crippen LogP contribution is -2.30. The minimum atomic E-state index is -0.662. The number of ketones is 1. The second kappa shape index (κ2) is 11.7. The third kappa shape index (κ3) is 5.79. The van der Waals surface area contributed by atoms with Gasteiger partial charge in [0.25, 0.3) is 11.7 Å². The minimum Gasteiger partial charge on any atom is -0.507 e. The van der Waals surface area contributed by atoms with Crippen LogP contribution in [0.5, 0.6) is 11.5 Å². The number of benzene rings is 2. The van der Waals surface area contributed by atoms with E-state index in [1.807, 2.05) is 38.1 Å². The molecule has 0 saturated carbocycles. The first-order chi connectivity index (χ1) is 16.4. The second-order valence-corrected chi connectivity index (χ2v) is 8.99. The van der Waals surface area contributed by atoms with E-state index in [0.29, 0.717) is 37.0 Å². The number of Topliss-reactive ketones (excluding diaryl/α,β-unsaturated/α-hetero) is 1. The van der Waals surface area contributed by atoms with Crippen molar-refractivity contribution in [1.82, 2.24) is 4.90 Å². The molecule has 1 heterocycles. The fourth-order valence-electron chi connectivity index (χ4n) is 3.88. The monoisotopic (exact) mass is 465 g/mol. The number of rotatable bonds is 11. The molecule has 0 aliphatic carbocycles. The molecule has 6 heteroatoms. The largest absolute Gasteiger partial charge is 0.507 e. The molecule has 1 amide bonds. The quantitative estimate of drug-likeness (QED) is 0.260. The summed E-state index contributed by atoms with van der Waals surface area (Å²) < 4.78 is 11.4. The highest BCUT2D eigenvalue weighted by molar-refractivity contribution is 6.46. The van der Waals surface area contributed by atoms with Crippen LogP contribution >= 0.6 is 0 Å². The van der Waals surface area contributed by atoms with Crippen molar-refractivity contribution < 1.29 is 24.2 Å². The van der Waals surface area contributed by atoms with E-state index in [1.165, 1.54) is 0 Å². The molecule has 1 aliphatic heterocycles. The normalized spacial score (nSPS) is 17.4. The van der Waals surface area contributed by atoms with E-state index >= 15 is 0 Å². The Balaban J connectivity index is 1.98. The first kappa shape index (κ1) is 25.3. The molecular formula is C28H35NO5. The summed E-state index contributed by atoms with van der Waals surface area (Å²) in [4.78, 5) is 27.6. The van der Waals surface area contributed by atoms with Gasteiger partial charge in [0.2, 0.25) is 0 Å². The highest BCUT2D eigenvalue weighted by Crippen LogP contribution is 2.40. The summed E-state index contributed by atoms with van der Waals surface area (Å²) in [5.41, 5.74) is 1.34. The maximum atomic E-state index is 13.1. The number of carbonyl (C=O) groups is 2. The topological polar surface area (TPSA) is 76.1 Å². The number of aliphatic hydroxyl groups excluding tert-OH is 1. The Kier molecular flexibility index (Phi) is 8.74. The van der Waals surface area contributed by atoms with Gasteiger partial charge in [0.1, 0.15) is 17.3 Å². The molecule has 2 aromatic rings. The molecule has 1 unspecified atom stereocenters. The molecule has 0 bridgehead atoms. The molecule has 1 aliphatic rings. The SMILES string of the molecule is CCCCN1C(=O)C(=O)/C(=C(\O)c2ccc(OCC(C)C)cc2)C1c1ccc(OCCC)cc1. The van der Waals surface area contributed by atoms with Crippen LogP contribution in [0.2, 0.25) is 0 Å². The molecule has 182 valence electrons. The van der Waals surface area contributed by atoms with Gasteiger partial charge in [-0.05, 0) is 60.7 Å². The molecule has 3 rings (SSSR count). The van der Waals surface area contributed by atoms with Crippen molar-refractivity contribution >= 4 is 17.4 Å². The van der Waals surface area contributed by atoms with Crippen LogP contribution in [0, 0.1) is 5.92 Å². The molecule has 1 atom stereocenters. The smallest absolute Gasteiger partial charge is 0.295 e. The van der Waals surface area contributed by atoms with Crippen LogP contribution in [-0.2, 0) is 9.59 Å². The van der Waals surface area contributed by atoms with E-state index in [2.05, 4.69) is 13.8 Å². The van der Waals surface area contributed by atoms with Gasteiger partial charge in [-0.15, -0.1) is 0 Å². The van der Waals surface area contributed by atoms with Crippen LogP contribution in [0.1, 0.15) is 64.1 Å². The van der Waals surface area contributed by atoms with Crippen molar-refractivity contribution in [3.05, 3.63) is 65.2 Å². The van der Waals surface area contributed by atoms with Crippen molar-refractivity contribution in [3.8, 4) is 11.5 Å². The first-order valence-corrected chi connectivity index (χ1v) is 12.1. The number of carbonyl (C=O) groups excluding carboxylic acids is 2. The number of likely N-dealkylation sites (tertiary alicyclic amines) is 1. The number of amides is 1. The lowest BCUT2D eigenvalue weighted by molar-refractivity contribution is -0.139. The van der Waals surface area contributed by atoms with E-state index in [4.69, 9.17) is 9.47 Å². The fourth-order valence-corrected chi connectivity index (χ4v) is 3.88. The van der Waals surface area contributed by atoms with Crippen molar-refractivity contribution in [3.63, 3.8) is 0 Å². The molecule has 2 aromatic carbocycles. The number of unbranched alkanes of at least 4 members (excludes halogenated alkanes) is 1. The standard InChI is InChI=1S/C28H35NO5/c1-5-7-16-29-25(20-8-12-22(13-9-20)33-17-6-2)24(27(31)28(29)32)26(30)21-10-14-23(15-11-21)34-18-19(3)4/h8-15,19,25,30H,5-7,16-18H2,1-4H3/b26-24-. The number of aliphatic hydroxyl groups is 1. The lowest BCUT2D eigenvalue weighted by Gasteiger charge is -2.25. The van der Waals surface area contributed by atoms with Gasteiger partial charge >= 0.3 is 0 Å². The lowest BCUT2D eigenvalue weighted by atomic mass is 9.95. The zero-order valence-electron chi connectivity index (χ0n) is 20.5. The first-order valence-electron chi connectivity index (χ1n) is 12.1. The van der Waals surface area contributed by atoms with E-state index in [0.717, 1.165) is 30.6 Å². The Morgan fingerprint density at radius 1 is 0.941 bits per heavy atom. The summed E-state index contributed by atoms with van der Waals surface area (Å²) in [7, 11) is 0. The molecule has 1 fully saturated rings. The summed E-state index contributed by atoms with van der Waals surface area (Å²) in [6, 6.07) is 13.7. The molecule has 6 nitrogen and oxygen atoms in total. The van der Waals surface area contributed by atoms with Crippen LogP contribution in [0.15, 0.2) is 54.1 Å². The Bertz CT molecular complexity index is 1010. The summed E-state index contributed by atoms with van der Waals surface area (Å²) in [5.74, 6) is 0.393. The van der Waals surface area contributed by atoms with E-state index < -0.39 is 17.7 Å². The maximum Gasteiger partial charge on any atom is 0.295 e. The van der Waals surface area contributed by atoms with E-state index in [1.54, 1.807) is 29.2 Å². The van der Waals surface area contributed by atoms with Crippen LogP contribution in [0.3, 0.4) is 0 Å². The number of hydrogen-bond acceptors (Lipinski definition) is 5. The third-order valence-corrected chi connectivity index (χ3v) is 5.67. The Morgan fingerprint density at radius 2 is 1.56 bits per heavy atom. The average molecular weight is 466 g/mol. The molecular weight excluding hydrogens is 430 g/mol.